The van der Waals surface area contributed by atoms with Crippen LogP contribution in [-0.4, -0.2) is 38.7 Å². The van der Waals surface area contributed by atoms with E-state index < -0.39 is 0 Å². The van der Waals surface area contributed by atoms with Gasteiger partial charge < -0.3 is 24.4 Å². The highest BCUT2D eigenvalue weighted by Gasteiger charge is 2.25. The number of nitrogens with zero attached hydrogens (tertiary/aromatic N) is 1. The first-order chi connectivity index (χ1) is 16.5. The number of fused-ring (bicyclic) bond motifs is 1. The third-order valence-electron chi connectivity index (χ3n) is 5.37. The summed E-state index contributed by atoms with van der Waals surface area (Å²) >= 11 is 5.89. The molecule has 7 nitrogen and oxygen atoms in total. The number of carbonyl (C=O) groups is 2. The smallest absolute Gasteiger partial charge is 0.265 e. The van der Waals surface area contributed by atoms with Gasteiger partial charge in [-0.3, -0.25) is 9.59 Å². The average Bonchev–Trinajstić information content (AvgIpc) is 2.86. The first-order valence-electron chi connectivity index (χ1n) is 10.9. The highest BCUT2D eigenvalue weighted by molar-refractivity contribution is 6.30. The molecule has 0 bridgehead atoms. The van der Waals surface area contributed by atoms with E-state index in [4.69, 9.17) is 25.8 Å². The van der Waals surface area contributed by atoms with Crippen LogP contribution in [0.3, 0.4) is 0 Å². The molecule has 34 heavy (non-hydrogen) atoms. The zero-order valence-electron chi connectivity index (χ0n) is 18.8. The fourth-order valence-corrected chi connectivity index (χ4v) is 3.69. The summed E-state index contributed by atoms with van der Waals surface area (Å²) in [6.45, 7) is 1.05. The molecule has 0 saturated heterocycles. The van der Waals surface area contributed by atoms with E-state index >= 15 is 0 Å². The Balaban J connectivity index is 1.36. The van der Waals surface area contributed by atoms with Crippen LogP contribution in [0, 0.1) is 0 Å². The molecule has 1 aliphatic heterocycles. The molecule has 176 valence electrons. The van der Waals surface area contributed by atoms with Gasteiger partial charge in [-0.2, -0.15) is 0 Å². The SMILES string of the molecule is COc1ccc(C(=O)Nc2ccc3c(c2)N(CCCCOc2ccc(Cl)cc2)C(=O)CO3)cc1. The van der Waals surface area contributed by atoms with Gasteiger partial charge in [-0.15, -0.1) is 0 Å². The van der Waals surface area contributed by atoms with Gasteiger partial charge in [-0.05, 0) is 79.6 Å². The minimum Gasteiger partial charge on any atom is -0.497 e. The van der Waals surface area contributed by atoms with Gasteiger partial charge in [-0.25, -0.2) is 0 Å². The van der Waals surface area contributed by atoms with Crippen LogP contribution in [0.2, 0.25) is 5.02 Å². The molecule has 4 rings (SSSR count). The Hall–Kier alpha value is -3.71. The number of nitrogens with one attached hydrogen (secondary N) is 1. The van der Waals surface area contributed by atoms with Crippen molar-refractivity contribution in [3.8, 4) is 17.2 Å². The van der Waals surface area contributed by atoms with Gasteiger partial charge in [0, 0.05) is 22.8 Å². The molecular formula is C26H25ClN2O5. The number of ether oxygens (including phenoxy) is 3. The van der Waals surface area contributed by atoms with Gasteiger partial charge >= 0.3 is 0 Å². The van der Waals surface area contributed by atoms with Crippen LogP contribution in [0.1, 0.15) is 23.2 Å². The van der Waals surface area contributed by atoms with Crippen molar-refractivity contribution in [1.82, 2.24) is 0 Å². The normalized spacial score (nSPS) is 12.5. The molecule has 0 atom stereocenters. The molecule has 2 amide bonds. The number of methoxy groups -OCH3 is 1. The third kappa shape index (κ3) is 5.80. The predicted molar refractivity (Wildman–Crippen MR) is 131 cm³/mol. The first-order valence-corrected chi connectivity index (χ1v) is 11.3. The lowest BCUT2D eigenvalue weighted by Gasteiger charge is -2.30. The molecule has 3 aromatic carbocycles. The van der Waals surface area contributed by atoms with E-state index in [0.717, 1.165) is 18.6 Å². The number of hydrogen-bond acceptors (Lipinski definition) is 5. The van der Waals surface area contributed by atoms with Crippen molar-refractivity contribution < 1.29 is 23.8 Å². The number of benzene rings is 3. The minimum absolute atomic E-state index is 0.00811. The fraction of sp³-hybridized carbons (Fsp3) is 0.231. The molecule has 0 spiro atoms. The third-order valence-corrected chi connectivity index (χ3v) is 5.62. The molecule has 0 fully saturated rings. The number of anilines is 2. The second-order valence-corrected chi connectivity index (χ2v) is 8.15. The van der Waals surface area contributed by atoms with Crippen molar-refractivity contribution in [1.29, 1.82) is 0 Å². The topological polar surface area (TPSA) is 77.1 Å². The summed E-state index contributed by atoms with van der Waals surface area (Å²) in [7, 11) is 1.57. The van der Waals surface area contributed by atoms with Crippen molar-refractivity contribution in [2.75, 3.05) is 37.1 Å². The monoisotopic (exact) mass is 480 g/mol. The maximum Gasteiger partial charge on any atom is 0.265 e. The quantitative estimate of drug-likeness (QED) is 0.427. The Labute approximate surface area is 203 Å². The van der Waals surface area contributed by atoms with Crippen LogP contribution in [0.15, 0.2) is 66.7 Å². The fourth-order valence-electron chi connectivity index (χ4n) is 3.56. The van der Waals surface area contributed by atoms with E-state index in [1.165, 1.54) is 0 Å². The molecule has 3 aromatic rings. The zero-order valence-corrected chi connectivity index (χ0v) is 19.5. The van der Waals surface area contributed by atoms with E-state index in [0.29, 0.717) is 46.6 Å². The second kappa shape index (κ2) is 10.9. The molecule has 1 N–H and O–H groups in total. The summed E-state index contributed by atoms with van der Waals surface area (Å²) in [6, 6.07) is 19.3. The Kier molecular flexibility index (Phi) is 7.54. The van der Waals surface area contributed by atoms with E-state index in [9.17, 15) is 9.59 Å². The standard InChI is InChI=1S/C26H25ClN2O5/c1-32-21-9-4-18(5-10-21)26(31)28-20-8-13-24-23(16-20)29(25(30)17-34-24)14-2-3-15-33-22-11-6-19(27)7-12-22/h4-13,16H,2-3,14-15,17H2,1H3,(H,28,31). The lowest BCUT2D eigenvalue weighted by molar-refractivity contribution is -0.121. The van der Waals surface area contributed by atoms with Crippen LogP contribution < -0.4 is 24.4 Å². The van der Waals surface area contributed by atoms with Crippen LogP contribution in [-0.2, 0) is 4.79 Å². The van der Waals surface area contributed by atoms with Gasteiger partial charge in [0.2, 0.25) is 0 Å². The molecule has 1 aliphatic rings. The molecule has 0 saturated carbocycles. The molecule has 0 radical (unpaired) electrons. The molecule has 0 aliphatic carbocycles. The van der Waals surface area contributed by atoms with Crippen LogP contribution in [0.4, 0.5) is 11.4 Å². The number of hydrogen-bond donors (Lipinski definition) is 1. The Morgan fingerprint density at radius 3 is 2.50 bits per heavy atom. The van der Waals surface area contributed by atoms with Crippen LogP contribution in [0.25, 0.3) is 0 Å². The summed E-state index contributed by atoms with van der Waals surface area (Å²) in [4.78, 5) is 26.9. The van der Waals surface area contributed by atoms with E-state index in [-0.39, 0.29) is 18.4 Å². The number of unbranched alkanes of at least 4 members (excludes halogenated alkanes) is 1. The van der Waals surface area contributed by atoms with Gasteiger partial charge in [0.05, 0.1) is 19.4 Å². The average molecular weight is 481 g/mol. The molecule has 8 heteroatoms. The van der Waals surface area contributed by atoms with Crippen molar-refractivity contribution in [2.24, 2.45) is 0 Å². The highest BCUT2D eigenvalue weighted by Crippen LogP contribution is 2.35. The maximum absolute atomic E-state index is 12.6. The summed E-state index contributed by atoms with van der Waals surface area (Å²) in [5.41, 5.74) is 1.72. The van der Waals surface area contributed by atoms with Gasteiger partial charge in [0.25, 0.3) is 11.8 Å². The summed E-state index contributed by atoms with van der Waals surface area (Å²) < 4.78 is 16.4. The summed E-state index contributed by atoms with van der Waals surface area (Å²) in [5, 5.41) is 3.54. The predicted octanol–water partition coefficient (Wildman–Crippen LogP) is 5.19. The number of amides is 2. The van der Waals surface area contributed by atoms with Gasteiger partial charge in [-0.1, -0.05) is 11.6 Å². The number of halogens is 1. The molecule has 0 aromatic heterocycles. The Morgan fingerprint density at radius 2 is 1.76 bits per heavy atom. The highest BCUT2D eigenvalue weighted by atomic mass is 35.5. The Morgan fingerprint density at radius 1 is 1.03 bits per heavy atom. The van der Waals surface area contributed by atoms with Crippen molar-refractivity contribution in [3.05, 3.63) is 77.3 Å². The number of rotatable bonds is 9. The van der Waals surface area contributed by atoms with Gasteiger partial charge in [0.15, 0.2) is 6.61 Å². The second-order valence-electron chi connectivity index (χ2n) is 7.71. The molecular weight excluding hydrogens is 456 g/mol. The molecule has 0 unspecified atom stereocenters. The zero-order chi connectivity index (χ0) is 23.9. The maximum atomic E-state index is 12.6. The van der Waals surface area contributed by atoms with E-state index in [1.54, 1.807) is 66.6 Å². The molecule has 1 heterocycles. The summed E-state index contributed by atoms with van der Waals surface area (Å²) in [5.74, 6) is 1.67. The van der Waals surface area contributed by atoms with Crippen LogP contribution >= 0.6 is 11.6 Å². The van der Waals surface area contributed by atoms with E-state index in [2.05, 4.69) is 5.32 Å². The Bertz CT molecular complexity index is 1150. The van der Waals surface area contributed by atoms with Crippen molar-refractivity contribution >= 4 is 34.8 Å². The lowest BCUT2D eigenvalue weighted by Crippen LogP contribution is -2.39. The minimum atomic E-state index is -0.253. The van der Waals surface area contributed by atoms with Crippen molar-refractivity contribution in [2.45, 2.75) is 12.8 Å². The lowest BCUT2D eigenvalue weighted by atomic mass is 10.1. The van der Waals surface area contributed by atoms with Gasteiger partial charge in [0.1, 0.15) is 17.2 Å². The first kappa shape index (κ1) is 23.4. The summed E-state index contributed by atoms with van der Waals surface area (Å²) in [6.07, 6.45) is 1.53. The number of carbonyl (C=O) groups excluding carboxylic acids is 2. The largest absolute Gasteiger partial charge is 0.497 e. The van der Waals surface area contributed by atoms with E-state index in [1.807, 2.05) is 12.1 Å². The van der Waals surface area contributed by atoms with Crippen LogP contribution in [0.5, 0.6) is 17.2 Å². The van der Waals surface area contributed by atoms with Crippen molar-refractivity contribution in [3.63, 3.8) is 0 Å².